The van der Waals surface area contributed by atoms with Gasteiger partial charge in [0.15, 0.2) is 0 Å². The number of hydrogen-bond donors (Lipinski definition) is 2. The van der Waals surface area contributed by atoms with Gasteiger partial charge in [-0.2, -0.15) is 0 Å². The number of rotatable bonds is 4. The molecule has 0 aliphatic carbocycles. The van der Waals surface area contributed by atoms with Crippen LogP contribution in [0.5, 0.6) is 0 Å². The molecular formula is C7H16NO4P. The van der Waals surface area contributed by atoms with Gasteiger partial charge in [-0.3, -0.25) is 4.79 Å². The summed E-state index contributed by atoms with van der Waals surface area (Å²) in [5.74, 6) is -0.828. The van der Waals surface area contributed by atoms with E-state index in [9.17, 15) is 9.36 Å². The molecule has 0 rings (SSSR count). The van der Waals surface area contributed by atoms with E-state index in [1.165, 1.54) is 0 Å². The molecule has 0 aromatic rings. The zero-order valence-electron chi connectivity index (χ0n) is 8.10. The van der Waals surface area contributed by atoms with E-state index in [2.05, 4.69) is 0 Å². The Morgan fingerprint density at radius 1 is 1.46 bits per heavy atom. The summed E-state index contributed by atoms with van der Waals surface area (Å²) in [7, 11) is -4.42. The minimum atomic E-state index is -4.42. The maximum Gasteiger partial charge on any atom is 0.432 e. The van der Waals surface area contributed by atoms with Crippen LogP contribution < -0.4 is 0 Å². The van der Waals surface area contributed by atoms with E-state index in [1.807, 2.05) is 0 Å². The molecule has 78 valence electrons. The minimum Gasteiger partial charge on any atom is -0.308 e. The van der Waals surface area contributed by atoms with Crippen molar-refractivity contribution >= 4 is 13.7 Å². The maximum absolute atomic E-state index is 11.4. The molecule has 0 saturated carbocycles. The zero-order valence-corrected chi connectivity index (χ0v) is 8.99. The number of hydrogen-bond acceptors (Lipinski definition) is 2. The van der Waals surface area contributed by atoms with Gasteiger partial charge in [-0.15, -0.1) is 0 Å². The average molecular weight is 209 g/mol. The van der Waals surface area contributed by atoms with Gasteiger partial charge in [0.05, 0.1) is 0 Å². The number of carbonyl (C=O) groups excluding carboxylic acids is 1. The molecule has 0 aliphatic heterocycles. The van der Waals surface area contributed by atoms with Crippen LogP contribution in [0.2, 0.25) is 0 Å². The molecule has 2 N–H and O–H groups in total. The van der Waals surface area contributed by atoms with E-state index < -0.39 is 13.7 Å². The Morgan fingerprint density at radius 2 is 1.92 bits per heavy atom. The van der Waals surface area contributed by atoms with Crippen LogP contribution in [0.1, 0.15) is 27.2 Å². The first-order valence-corrected chi connectivity index (χ1v) is 5.78. The fourth-order valence-corrected chi connectivity index (χ4v) is 1.72. The summed E-state index contributed by atoms with van der Waals surface area (Å²) in [4.78, 5) is 29.0. The molecule has 0 aromatic heterocycles. The van der Waals surface area contributed by atoms with Crippen molar-refractivity contribution in [1.82, 2.24) is 4.67 Å². The van der Waals surface area contributed by atoms with Crippen LogP contribution in [-0.4, -0.2) is 26.9 Å². The van der Waals surface area contributed by atoms with Crippen molar-refractivity contribution in [3.05, 3.63) is 0 Å². The van der Waals surface area contributed by atoms with E-state index in [0.29, 0.717) is 11.1 Å². The lowest BCUT2D eigenvalue weighted by Crippen LogP contribution is -2.32. The lowest BCUT2D eigenvalue weighted by Gasteiger charge is -2.24. The second-order valence-corrected chi connectivity index (χ2v) is 4.39. The predicted molar refractivity (Wildman–Crippen MR) is 48.9 cm³/mol. The summed E-state index contributed by atoms with van der Waals surface area (Å²) in [6.45, 7) is 5.03. The summed E-state index contributed by atoms with van der Waals surface area (Å²) < 4.78 is 11.4. The number of nitrogens with zero attached hydrogens (tertiary/aromatic N) is 1. The fourth-order valence-electron chi connectivity index (χ4n) is 0.897. The molecule has 0 bridgehead atoms. The van der Waals surface area contributed by atoms with Gasteiger partial charge < -0.3 is 9.79 Å². The van der Waals surface area contributed by atoms with E-state index in [1.54, 1.807) is 20.8 Å². The Kier molecular flexibility index (Phi) is 4.61. The number of amides is 1. The molecule has 13 heavy (non-hydrogen) atoms. The quantitative estimate of drug-likeness (QED) is 0.676. The van der Waals surface area contributed by atoms with Crippen molar-refractivity contribution in [2.45, 2.75) is 27.2 Å². The minimum absolute atomic E-state index is 0.0352. The maximum atomic E-state index is 11.4. The average Bonchev–Trinajstić information content (AvgIpc) is 2.01. The van der Waals surface area contributed by atoms with Gasteiger partial charge in [-0.1, -0.05) is 13.8 Å². The molecule has 0 heterocycles. The van der Waals surface area contributed by atoms with Crippen LogP contribution in [-0.2, 0) is 9.36 Å². The normalized spacial score (nSPS) is 13.9. The van der Waals surface area contributed by atoms with Gasteiger partial charge in [0, 0.05) is 12.5 Å². The Morgan fingerprint density at radius 3 is 2.15 bits per heavy atom. The Bertz CT molecular complexity index is 225. The summed E-state index contributed by atoms with van der Waals surface area (Å²) >= 11 is 0. The van der Waals surface area contributed by atoms with Crippen molar-refractivity contribution in [1.29, 1.82) is 0 Å². The molecule has 0 aliphatic rings. The second-order valence-electron chi connectivity index (χ2n) is 2.88. The van der Waals surface area contributed by atoms with Crippen molar-refractivity contribution in [2.24, 2.45) is 5.92 Å². The van der Waals surface area contributed by atoms with E-state index in [0.717, 1.165) is 0 Å². The van der Waals surface area contributed by atoms with Crippen molar-refractivity contribution in [3.8, 4) is 0 Å². The highest BCUT2D eigenvalue weighted by atomic mass is 31.2. The molecular weight excluding hydrogens is 193 g/mol. The van der Waals surface area contributed by atoms with Crippen LogP contribution in [0.25, 0.3) is 0 Å². The first-order chi connectivity index (χ1) is 5.84. The van der Waals surface area contributed by atoms with Gasteiger partial charge in [0.25, 0.3) is 0 Å². The summed E-state index contributed by atoms with van der Waals surface area (Å²) in [6, 6.07) is 0. The topological polar surface area (TPSA) is 77.8 Å². The summed E-state index contributed by atoms with van der Waals surface area (Å²) in [5.41, 5.74) is 0. The van der Waals surface area contributed by atoms with Crippen LogP contribution in [0.3, 0.4) is 0 Å². The van der Waals surface area contributed by atoms with Crippen LogP contribution >= 0.6 is 7.75 Å². The SMILES string of the molecule is CCC(C)C(=O)N(CC)P(=O)(O)O. The fraction of sp³-hybridized carbons (Fsp3) is 0.857. The number of carbonyl (C=O) groups is 1. The largest absolute Gasteiger partial charge is 0.432 e. The molecule has 5 nitrogen and oxygen atoms in total. The molecule has 0 aromatic carbocycles. The van der Waals surface area contributed by atoms with Crippen molar-refractivity contribution < 1.29 is 19.1 Å². The van der Waals surface area contributed by atoms with Gasteiger partial charge in [-0.05, 0) is 13.3 Å². The predicted octanol–water partition coefficient (Wildman–Crippen LogP) is 0.974. The third kappa shape index (κ3) is 3.46. The Hall–Kier alpha value is -0.380. The van der Waals surface area contributed by atoms with Crippen LogP contribution in [0.4, 0.5) is 0 Å². The van der Waals surface area contributed by atoms with E-state index in [4.69, 9.17) is 9.79 Å². The molecule has 1 unspecified atom stereocenters. The molecule has 1 atom stereocenters. The van der Waals surface area contributed by atoms with Crippen molar-refractivity contribution in [2.75, 3.05) is 6.54 Å². The Balaban J connectivity index is 4.61. The van der Waals surface area contributed by atoms with Gasteiger partial charge >= 0.3 is 7.75 Å². The highest BCUT2D eigenvalue weighted by Gasteiger charge is 2.31. The third-order valence-electron chi connectivity index (χ3n) is 1.90. The van der Waals surface area contributed by atoms with Gasteiger partial charge in [0.2, 0.25) is 5.91 Å². The summed E-state index contributed by atoms with van der Waals surface area (Å²) in [5, 5.41) is 0. The zero-order chi connectivity index (χ0) is 10.6. The first-order valence-electron chi connectivity index (χ1n) is 4.22. The highest BCUT2D eigenvalue weighted by Crippen LogP contribution is 2.40. The molecule has 0 spiro atoms. The third-order valence-corrected chi connectivity index (χ3v) is 3.01. The smallest absolute Gasteiger partial charge is 0.308 e. The van der Waals surface area contributed by atoms with Crippen LogP contribution in [0.15, 0.2) is 0 Å². The lowest BCUT2D eigenvalue weighted by molar-refractivity contribution is -0.131. The van der Waals surface area contributed by atoms with Gasteiger partial charge in [-0.25, -0.2) is 9.24 Å². The first kappa shape index (κ1) is 12.6. The molecule has 1 amide bonds. The highest BCUT2D eigenvalue weighted by molar-refractivity contribution is 7.49. The molecule has 0 saturated heterocycles. The standard InChI is InChI=1S/C7H16NO4P/c1-4-6(3)7(9)8(5-2)13(10,11)12/h6H,4-5H2,1-3H3,(H2,10,11,12). The van der Waals surface area contributed by atoms with Crippen LogP contribution in [0, 0.1) is 5.92 Å². The molecule has 0 radical (unpaired) electrons. The molecule has 0 fully saturated rings. The summed E-state index contributed by atoms with van der Waals surface area (Å²) in [6.07, 6.45) is 0.579. The van der Waals surface area contributed by atoms with E-state index >= 15 is 0 Å². The lowest BCUT2D eigenvalue weighted by atomic mass is 10.1. The Labute approximate surface area is 78.0 Å². The molecule has 6 heteroatoms. The van der Waals surface area contributed by atoms with E-state index in [-0.39, 0.29) is 12.5 Å². The van der Waals surface area contributed by atoms with Gasteiger partial charge in [0.1, 0.15) is 0 Å². The second kappa shape index (κ2) is 4.74. The van der Waals surface area contributed by atoms with Crippen molar-refractivity contribution in [3.63, 3.8) is 0 Å². The monoisotopic (exact) mass is 209 g/mol.